The molecule has 2 aromatic carbocycles. The van der Waals surface area contributed by atoms with E-state index in [4.69, 9.17) is 11.0 Å². The van der Waals surface area contributed by atoms with Crippen molar-refractivity contribution >= 4 is 17.2 Å². The Morgan fingerprint density at radius 1 is 1.03 bits per heavy atom. The molecular weight excluding hydrogens is 364 g/mol. The summed E-state index contributed by atoms with van der Waals surface area (Å²) in [5.74, 6) is -0.531. The normalized spacial score (nSPS) is 10.6. The Morgan fingerprint density at radius 2 is 1.76 bits per heavy atom. The van der Waals surface area contributed by atoms with Crippen LogP contribution in [0.1, 0.15) is 21.5 Å². The lowest BCUT2D eigenvalue weighted by Gasteiger charge is -2.09. The number of amides is 1. The lowest BCUT2D eigenvalue weighted by molar-refractivity contribution is 0.100. The zero-order chi connectivity index (χ0) is 20.2. The van der Waals surface area contributed by atoms with Crippen LogP contribution in [0, 0.1) is 11.3 Å². The monoisotopic (exact) mass is 382 g/mol. The maximum Gasteiger partial charge on any atom is 0.252 e. The van der Waals surface area contributed by atoms with Crippen LogP contribution in [0.5, 0.6) is 0 Å². The summed E-state index contributed by atoms with van der Waals surface area (Å²) in [4.78, 5) is 15.7. The number of rotatable bonds is 6. The minimum atomic E-state index is -0.531. The summed E-state index contributed by atoms with van der Waals surface area (Å²) in [5.41, 5.74) is 11.1. The van der Waals surface area contributed by atoms with E-state index >= 15 is 0 Å². The number of benzene rings is 2. The minimum Gasteiger partial charge on any atom is -0.381 e. The van der Waals surface area contributed by atoms with Crippen LogP contribution in [0.4, 0.5) is 5.69 Å². The average molecular weight is 382 g/mol. The molecule has 4 rings (SSSR count). The molecule has 0 unspecified atom stereocenters. The van der Waals surface area contributed by atoms with Crippen molar-refractivity contribution in [1.29, 1.82) is 5.26 Å². The van der Waals surface area contributed by atoms with Crippen molar-refractivity contribution in [3.63, 3.8) is 0 Å². The summed E-state index contributed by atoms with van der Waals surface area (Å²) in [6.07, 6.45) is 1.83. The Bertz CT molecular complexity index is 1200. The van der Waals surface area contributed by atoms with Gasteiger partial charge >= 0.3 is 0 Å². The largest absolute Gasteiger partial charge is 0.381 e. The van der Waals surface area contributed by atoms with E-state index in [1.165, 1.54) is 6.33 Å². The van der Waals surface area contributed by atoms with Crippen LogP contribution >= 0.6 is 0 Å². The first-order valence-corrected chi connectivity index (χ1v) is 9.07. The predicted octanol–water partition coefficient (Wildman–Crippen LogP) is 3.17. The number of nitriles is 1. The second kappa shape index (κ2) is 7.82. The Kier molecular flexibility index (Phi) is 4.91. The molecule has 1 amide bonds. The molecule has 0 atom stereocenters. The van der Waals surface area contributed by atoms with E-state index in [9.17, 15) is 4.79 Å². The molecule has 0 aliphatic carbocycles. The third-order valence-electron chi connectivity index (χ3n) is 4.67. The van der Waals surface area contributed by atoms with E-state index in [1.54, 1.807) is 10.6 Å². The van der Waals surface area contributed by atoms with Crippen molar-refractivity contribution in [3.05, 3.63) is 83.7 Å². The van der Waals surface area contributed by atoms with Crippen molar-refractivity contribution < 1.29 is 4.79 Å². The number of nitrogens with two attached hydrogens (primary N) is 1. The number of aromatic nitrogens is 3. The van der Waals surface area contributed by atoms with Crippen molar-refractivity contribution in [2.24, 2.45) is 5.73 Å². The number of fused-ring (bicyclic) bond motifs is 1. The van der Waals surface area contributed by atoms with Crippen molar-refractivity contribution in [3.8, 4) is 17.3 Å². The molecule has 0 fully saturated rings. The number of primary amides is 1. The second-order valence-electron chi connectivity index (χ2n) is 6.57. The fraction of sp³-hybridized carbons (Fsp3) is 0.0909. The smallest absolute Gasteiger partial charge is 0.252 e. The molecule has 2 heterocycles. The molecule has 0 bridgehead atoms. The molecule has 0 saturated carbocycles. The molecule has 0 spiro atoms. The number of pyridine rings is 1. The highest BCUT2D eigenvalue weighted by atomic mass is 16.1. The molecule has 0 radical (unpaired) electrons. The summed E-state index contributed by atoms with van der Waals surface area (Å²) in [7, 11) is 0. The van der Waals surface area contributed by atoms with Gasteiger partial charge in [0.25, 0.3) is 5.91 Å². The quantitative estimate of drug-likeness (QED) is 0.532. The van der Waals surface area contributed by atoms with E-state index in [-0.39, 0.29) is 0 Å². The topological polar surface area (TPSA) is 109 Å². The van der Waals surface area contributed by atoms with Gasteiger partial charge in [-0.3, -0.25) is 4.79 Å². The van der Waals surface area contributed by atoms with Crippen LogP contribution in [0.2, 0.25) is 0 Å². The maximum absolute atomic E-state index is 11.6. The number of nitrogens with one attached hydrogen (secondary N) is 1. The number of carbonyl (C=O) groups excluding carboxylic acids is 1. The van der Waals surface area contributed by atoms with Gasteiger partial charge in [-0.15, -0.1) is 0 Å². The van der Waals surface area contributed by atoms with Gasteiger partial charge in [0.2, 0.25) is 0 Å². The number of nitrogens with zero attached hydrogens (tertiary/aromatic N) is 4. The zero-order valence-corrected chi connectivity index (χ0v) is 15.5. The number of anilines is 1. The van der Waals surface area contributed by atoms with Crippen LogP contribution in [-0.2, 0) is 13.0 Å². The van der Waals surface area contributed by atoms with Gasteiger partial charge in [0.1, 0.15) is 6.33 Å². The van der Waals surface area contributed by atoms with E-state index in [0.29, 0.717) is 24.2 Å². The molecule has 4 aromatic rings. The van der Waals surface area contributed by atoms with E-state index in [1.807, 2.05) is 54.6 Å². The molecule has 142 valence electrons. The number of hydrogen-bond acceptors (Lipinski definition) is 5. The first-order chi connectivity index (χ1) is 14.2. The van der Waals surface area contributed by atoms with Gasteiger partial charge in [0.15, 0.2) is 5.65 Å². The van der Waals surface area contributed by atoms with Gasteiger partial charge in [-0.05, 0) is 35.4 Å². The highest BCUT2D eigenvalue weighted by Crippen LogP contribution is 2.22. The summed E-state index contributed by atoms with van der Waals surface area (Å²) in [6, 6.07) is 21.6. The molecule has 7 heteroatoms. The average Bonchev–Trinajstić information content (AvgIpc) is 3.23. The standard InChI is InChI=1S/C22H18N6O/c23-12-11-15-3-7-18(8-4-15)25-13-16-1-5-17(6-2-16)20-10-9-19(21(24)29)22-26-14-27-28(20)22/h1-10,14,25H,11,13H2,(H2,24,29). The minimum absolute atomic E-state index is 0.341. The van der Waals surface area contributed by atoms with Gasteiger partial charge in [-0.2, -0.15) is 10.4 Å². The van der Waals surface area contributed by atoms with Crippen LogP contribution < -0.4 is 11.1 Å². The summed E-state index contributed by atoms with van der Waals surface area (Å²) >= 11 is 0. The van der Waals surface area contributed by atoms with Crippen molar-refractivity contribution in [1.82, 2.24) is 14.6 Å². The number of carbonyl (C=O) groups is 1. The third-order valence-corrected chi connectivity index (χ3v) is 4.67. The van der Waals surface area contributed by atoms with Gasteiger partial charge in [-0.1, -0.05) is 36.4 Å². The van der Waals surface area contributed by atoms with Gasteiger partial charge in [0.05, 0.1) is 23.7 Å². The molecule has 3 N–H and O–H groups in total. The summed E-state index contributed by atoms with van der Waals surface area (Å²) < 4.78 is 1.62. The molecule has 7 nitrogen and oxygen atoms in total. The molecule has 0 aliphatic rings. The molecule has 2 aromatic heterocycles. The molecular formula is C22H18N6O. The Labute approximate surface area is 167 Å². The molecule has 0 aliphatic heterocycles. The fourth-order valence-electron chi connectivity index (χ4n) is 3.15. The van der Waals surface area contributed by atoms with Crippen LogP contribution in [-0.4, -0.2) is 20.5 Å². The van der Waals surface area contributed by atoms with E-state index < -0.39 is 5.91 Å². The summed E-state index contributed by atoms with van der Waals surface area (Å²) in [5, 5.41) is 16.3. The third kappa shape index (κ3) is 3.77. The maximum atomic E-state index is 11.6. The Balaban J connectivity index is 1.50. The Morgan fingerprint density at radius 3 is 2.45 bits per heavy atom. The number of hydrogen-bond donors (Lipinski definition) is 2. The van der Waals surface area contributed by atoms with Crippen molar-refractivity contribution in [2.45, 2.75) is 13.0 Å². The van der Waals surface area contributed by atoms with Crippen molar-refractivity contribution in [2.75, 3.05) is 5.32 Å². The molecule has 29 heavy (non-hydrogen) atoms. The summed E-state index contributed by atoms with van der Waals surface area (Å²) in [6.45, 7) is 0.678. The highest BCUT2D eigenvalue weighted by molar-refractivity contribution is 5.99. The van der Waals surface area contributed by atoms with E-state index in [0.717, 1.165) is 28.1 Å². The van der Waals surface area contributed by atoms with Crippen LogP contribution in [0.25, 0.3) is 16.9 Å². The van der Waals surface area contributed by atoms with Gasteiger partial charge in [0, 0.05) is 17.8 Å². The first kappa shape index (κ1) is 18.2. The lowest BCUT2D eigenvalue weighted by Crippen LogP contribution is -2.13. The highest BCUT2D eigenvalue weighted by Gasteiger charge is 2.13. The van der Waals surface area contributed by atoms with Gasteiger partial charge in [-0.25, -0.2) is 9.50 Å². The van der Waals surface area contributed by atoms with E-state index in [2.05, 4.69) is 21.5 Å². The zero-order valence-electron chi connectivity index (χ0n) is 15.5. The SMILES string of the molecule is N#CCc1ccc(NCc2ccc(-c3ccc(C(N)=O)c4ncnn34)cc2)cc1. The lowest BCUT2D eigenvalue weighted by atomic mass is 10.1. The first-order valence-electron chi connectivity index (χ1n) is 9.07. The van der Waals surface area contributed by atoms with Crippen LogP contribution in [0.15, 0.2) is 67.0 Å². The Hall–Kier alpha value is -4.18. The molecule has 0 saturated heterocycles. The fourth-order valence-corrected chi connectivity index (χ4v) is 3.15. The second-order valence-corrected chi connectivity index (χ2v) is 6.57. The predicted molar refractivity (Wildman–Crippen MR) is 110 cm³/mol. The van der Waals surface area contributed by atoms with Crippen LogP contribution in [0.3, 0.4) is 0 Å². The van der Waals surface area contributed by atoms with Gasteiger partial charge < -0.3 is 11.1 Å².